The zero-order chi connectivity index (χ0) is 25.2. The van der Waals surface area contributed by atoms with Crippen molar-refractivity contribution in [1.29, 1.82) is 0 Å². The number of rotatable bonds is 7. The molecule has 11 heteroatoms. The maximum Gasteiger partial charge on any atom is 0.449 e. The summed E-state index contributed by atoms with van der Waals surface area (Å²) >= 11 is 0. The van der Waals surface area contributed by atoms with E-state index in [2.05, 4.69) is 20.0 Å². The minimum absolute atomic E-state index is 0.0622. The van der Waals surface area contributed by atoms with Gasteiger partial charge in [0.05, 0.1) is 24.2 Å². The van der Waals surface area contributed by atoms with Crippen LogP contribution in [-0.4, -0.2) is 29.6 Å². The van der Waals surface area contributed by atoms with Crippen LogP contribution in [0.25, 0.3) is 11.0 Å². The first kappa shape index (κ1) is 24.0. The van der Waals surface area contributed by atoms with Crippen molar-refractivity contribution in [3.63, 3.8) is 0 Å². The van der Waals surface area contributed by atoms with Crippen LogP contribution in [0.4, 0.5) is 22.0 Å². The van der Waals surface area contributed by atoms with Crippen LogP contribution in [0.3, 0.4) is 0 Å². The van der Waals surface area contributed by atoms with Gasteiger partial charge >= 0.3 is 12.8 Å². The van der Waals surface area contributed by atoms with Gasteiger partial charge < -0.3 is 19.8 Å². The lowest BCUT2D eigenvalue weighted by molar-refractivity contribution is -0.144. The summed E-state index contributed by atoms with van der Waals surface area (Å²) in [7, 11) is 1.25. The van der Waals surface area contributed by atoms with E-state index >= 15 is 0 Å². The van der Waals surface area contributed by atoms with Crippen molar-refractivity contribution < 1.29 is 36.2 Å². The molecule has 35 heavy (non-hydrogen) atoms. The summed E-state index contributed by atoms with van der Waals surface area (Å²) in [4.78, 5) is 18.9. The highest BCUT2D eigenvalue weighted by Gasteiger charge is 2.34. The second-order valence-corrected chi connectivity index (χ2v) is 7.42. The first-order chi connectivity index (χ1) is 16.7. The third-order valence-corrected chi connectivity index (χ3v) is 5.16. The van der Waals surface area contributed by atoms with Crippen LogP contribution >= 0.6 is 0 Å². The van der Waals surface area contributed by atoms with Crippen LogP contribution in [-0.2, 0) is 6.18 Å². The van der Waals surface area contributed by atoms with Crippen molar-refractivity contribution in [2.45, 2.75) is 18.8 Å². The van der Waals surface area contributed by atoms with Gasteiger partial charge in [0.25, 0.3) is 5.91 Å². The minimum atomic E-state index is -4.63. The van der Waals surface area contributed by atoms with Gasteiger partial charge in [0.1, 0.15) is 0 Å². The molecule has 0 spiro atoms. The van der Waals surface area contributed by atoms with Crippen molar-refractivity contribution in [1.82, 2.24) is 15.3 Å². The van der Waals surface area contributed by atoms with Gasteiger partial charge in [-0.15, -0.1) is 0 Å². The molecule has 0 fully saturated rings. The quantitative estimate of drug-likeness (QED) is 0.325. The van der Waals surface area contributed by atoms with E-state index < -0.39 is 30.6 Å². The number of methoxy groups -OCH3 is 1. The molecule has 4 aromatic rings. The maximum atomic E-state index is 13.1. The average Bonchev–Trinajstić information content (AvgIpc) is 3.27. The molecule has 1 aromatic heterocycles. The van der Waals surface area contributed by atoms with Gasteiger partial charge in [-0.1, -0.05) is 36.4 Å². The molecule has 1 heterocycles. The molecule has 0 aliphatic rings. The van der Waals surface area contributed by atoms with Crippen LogP contribution in [0, 0.1) is 0 Å². The second kappa shape index (κ2) is 9.61. The number of nitrogens with one attached hydrogen (secondary N) is 2. The summed E-state index contributed by atoms with van der Waals surface area (Å²) < 4.78 is 73.8. The van der Waals surface area contributed by atoms with E-state index in [1.54, 1.807) is 36.4 Å². The van der Waals surface area contributed by atoms with Gasteiger partial charge in [-0.25, -0.2) is 4.98 Å². The topological polar surface area (TPSA) is 76.2 Å². The SMILES string of the molecule is COc1cc(C(=O)NC(c2ccccc2)c2ccc3nc(C(F)(F)F)[nH]c3c2)ccc1OC(F)F. The first-order valence-corrected chi connectivity index (χ1v) is 10.2. The smallest absolute Gasteiger partial charge is 0.449 e. The molecule has 1 atom stereocenters. The Morgan fingerprint density at radius 2 is 1.71 bits per heavy atom. The molecule has 4 rings (SSSR count). The summed E-state index contributed by atoms with van der Waals surface area (Å²) in [5.41, 5.74) is 1.55. The third kappa shape index (κ3) is 5.34. The van der Waals surface area contributed by atoms with Crippen molar-refractivity contribution in [3.05, 3.63) is 89.2 Å². The van der Waals surface area contributed by atoms with Gasteiger partial charge in [-0.3, -0.25) is 4.79 Å². The molecule has 0 bridgehead atoms. The number of halogens is 5. The fraction of sp³-hybridized carbons (Fsp3) is 0.167. The standard InChI is InChI=1S/C24H18F5N3O3/c1-34-19-12-15(8-10-18(19)35-23(25)26)21(33)32-20(13-5-3-2-4-6-13)14-7-9-16-17(11-14)31-22(30-16)24(27,28)29/h2-12,20,23H,1H3,(H,30,31)(H,32,33). The monoisotopic (exact) mass is 491 g/mol. The number of ether oxygens (including phenoxy) is 2. The Morgan fingerprint density at radius 3 is 2.37 bits per heavy atom. The van der Waals surface area contributed by atoms with Crippen molar-refractivity contribution in [2.75, 3.05) is 7.11 Å². The number of amides is 1. The van der Waals surface area contributed by atoms with Crippen LogP contribution in [0.15, 0.2) is 66.7 Å². The zero-order valence-electron chi connectivity index (χ0n) is 18.1. The molecule has 0 saturated heterocycles. The van der Waals surface area contributed by atoms with Crippen molar-refractivity contribution >= 4 is 16.9 Å². The van der Waals surface area contributed by atoms with E-state index in [4.69, 9.17) is 4.74 Å². The minimum Gasteiger partial charge on any atom is -0.493 e. The normalized spacial score (nSPS) is 12.5. The number of H-pyrrole nitrogens is 1. The van der Waals surface area contributed by atoms with Gasteiger partial charge in [0.15, 0.2) is 11.5 Å². The highest BCUT2D eigenvalue weighted by Crippen LogP contribution is 2.32. The van der Waals surface area contributed by atoms with Crippen LogP contribution in [0.2, 0.25) is 0 Å². The lowest BCUT2D eigenvalue weighted by Gasteiger charge is -2.20. The molecular formula is C24H18F5N3O3. The highest BCUT2D eigenvalue weighted by molar-refractivity contribution is 5.95. The number of aromatic nitrogens is 2. The van der Waals surface area contributed by atoms with E-state index in [1.165, 1.54) is 37.4 Å². The summed E-state index contributed by atoms with van der Waals surface area (Å²) in [5, 5.41) is 2.84. The number of nitrogens with zero attached hydrogens (tertiary/aromatic N) is 1. The molecule has 0 aliphatic heterocycles. The number of benzene rings is 3. The van der Waals surface area contributed by atoms with E-state index in [-0.39, 0.29) is 28.1 Å². The lowest BCUT2D eigenvalue weighted by atomic mass is 9.97. The molecule has 3 aromatic carbocycles. The molecule has 0 saturated carbocycles. The average molecular weight is 491 g/mol. The van der Waals surface area contributed by atoms with Crippen LogP contribution < -0.4 is 14.8 Å². The van der Waals surface area contributed by atoms with Gasteiger partial charge in [-0.05, 0) is 41.5 Å². The Hall–Kier alpha value is -4.15. The Kier molecular flexibility index (Phi) is 6.59. The predicted molar refractivity (Wildman–Crippen MR) is 116 cm³/mol. The molecule has 0 radical (unpaired) electrons. The summed E-state index contributed by atoms with van der Waals surface area (Å²) in [6, 6.07) is 16.3. The van der Waals surface area contributed by atoms with Gasteiger partial charge in [0.2, 0.25) is 5.82 Å². The molecular weight excluding hydrogens is 473 g/mol. The van der Waals surface area contributed by atoms with E-state index in [9.17, 15) is 26.7 Å². The number of hydrogen-bond acceptors (Lipinski definition) is 4. The fourth-order valence-corrected chi connectivity index (χ4v) is 3.56. The number of alkyl halides is 5. The highest BCUT2D eigenvalue weighted by atomic mass is 19.4. The molecule has 1 amide bonds. The predicted octanol–water partition coefficient (Wildman–Crippen LogP) is 5.71. The zero-order valence-corrected chi connectivity index (χ0v) is 18.1. The van der Waals surface area contributed by atoms with Gasteiger partial charge in [-0.2, -0.15) is 22.0 Å². The molecule has 2 N–H and O–H groups in total. The number of hydrogen-bond donors (Lipinski definition) is 2. The number of fused-ring (bicyclic) bond motifs is 1. The largest absolute Gasteiger partial charge is 0.493 e. The fourth-order valence-electron chi connectivity index (χ4n) is 3.56. The van der Waals surface area contributed by atoms with Crippen molar-refractivity contribution in [2.24, 2.45) is 0 Å². The van der Waals surface area contributed by atoms with Crippen LogP contribution in [0.5, 0.6) is 11.5 Å². The number of imidazole rings is 1. The second-order valence-electron chi connectivity index (χ2n) is 7.42. The Morgan fingerprint density at radius 1 is 0.971 bits per heavy atom. The van der Waals surface area contributed by atoms with Crippen LogP contribution in [0.1, 0.15) is 33.4 Å². The lowest BCUT2D eigenvalue weighted by Crippen LogP contribution is -2.29. The summed E-state index contributed by atoms with van der Waals surface area (Å²) in [6.07, 6.45) is -4.63. The summed E-state index contributed by atoms with van der Waals surface area (Å²) in [5.74, 6) is -1.99. The molecule has 182 valence electrons. The van der Waals surface area contributed by atoms with E-state index in [0.717, 1.165) is 0 Å². The van der Waals surface area contributed by atoms with Crippen molar-refractivity contribution in [3.8, 4) is 11.5 Å². The number of carbonyl (C=O) groups excluding carboxylic acids is 1. The molecule has 1 unspecified atom stereocenters. The third-order valence-electron chi connectivity index (χ3n) is 5.16. The Labute approximate surface area is 195 Å². The number of aromatic amines is 1. The molecule has 0 aliphatic carbocycles. The molecule has 6 nitrogen and oxygen atoms in total. The number of carbonyl (C=O) groups is 1. The van der Waals surface area contributed by atoms with Gasteiger partial charge in [0, 0.05) is 5.56 Å². The van der Waals surface area contributed by atoms with E-state index in [1.807, 2.05) is 0 Å². The Balaban J connectivity index is 1.69. The van der Waals surface area contributed by atoms with E-state index in [0.29, 0.717) is 11.1 Å². The first-order valence-electron chi connectivity index (χ1n) is 10.2. The summed E-state index contributed by atoms with van der Waals surface area (Å²) in [6.45, 7) is -3.07. The Bertz CT molecular complexity index is 1340. The maximum absolute atomic E-state index is 13.1.